The van der Waals surface area contributed by atoms with E-state index in [1.807, 2.05) is 9.88 Å². The van der Waals surface area contributed by atoms with Crippen molar-refractivity contribution in [3.8, 4) is 0 Å². The van der Waals surface area contributed by atoms with Crippen LogP contribution < -0.4 is 37.7 Å². The third-order valence-electron chi connectivity index (χ3n) is 13.2. The average Bonchev–Trinajstić information content (AvgIpc) is 4.25. The van der Waals surface area contributed by atoms with Gasteiger partial charge in [0, 0.05) is 38.4 Å². The van der Waals surface area contributed by atoms with Gasteiger partial charge in [0.2, 0.25) is 18.5 Å². The summed E-state index contributed by atoms with van der Waals surface area (Å²) < 4.78 is 111. The highest BCUT2D eigenvalue weighted by Crippen LogP contribution is 2.68. The van der Waals surface area contributed by atoms with E-state index in [1.165, 1.54) is 22.5 Å². The van der Waals surface area contributed by atoms with Gasteiger partial charge in [0.15, 0.2) is 23.9 Å². The Labute approximate surface area is 436 Å². The molecule has 5 aromatic rings. The first kappa shape index (κ1) is 58.0. The van der Waals surface area contributed by atoms with Gasteiger partial charge < -0.3 is 79.1 Å². The summed E-state index contributed by atoms with van der Waals surface area (Å²) in [6, 6.07) is 0.921. The third kappa shape index (κ3) is 12.2. The molecule has 0 bridgehead atoms. The van der Waals surface area contributed by atoms with E-state index in [-0.39, 0.29) is 40.5 Å². The summed E-state index contributed by atoms with van der Waals surface area (Å²) >= 11 is 0. The van der Waals surface area contributed by atoms with Crippen LogP contribution in [0, 0.1) is 5.92 Å². The maximum Gasteiger partial charge on any atom is 0.490 e. The Kier molecular flexibility index (Phi) is 16.9. The molecule has 41 heteroatoms. The smallest absolute Gasteiger partial charge is 0.490 e. The van der Waals surface area contributed by atoms with Crippen LogP contribution in [0.15, 0.2) is 45.6 Å². The summed E-state index contributed by atoms with van der Waals surface area (Å²) in [6.07, 6.45) is -11.5. The van der Waals surface area contributed by atoms with Gasteiger partial charge in [0.1, 0.15) is 50.0 Å². The van der Waals surface area contributed by atoms with Crippen molar-refractivity contribution in [1.29, 1.82) is 0 Å². The lowest BCUT2D eigenvalue weighted by molar-refractivity contribution is -0.646. The third-order valence-corrected chi connectivity index (χ3v) is 19.3. The van der Waals surface area contributed by atoms with E-state index in [9.17, 15) is 67.5 Å². The number of aryl methyl sites for hydroxylation is 1. The minimum absolute atomic E-state index is 0.00863. The Morgan fingerprint density at radius 1 is 0.795 bits per heavy atom. The van der Waals surface area contributed by atoms with Gasteiger partial charge in [0.05, 0.1) is 64.3 Å². The zero-order valence-electron chi connectivity index (χ0n) is 40.7. The number of rotatable bonds is 21. The predicted octanol–water partition coefficient (Wildman–Crippen LogP) is -4.46. The van der Waals surface area contributed by atoms with Crippen molar-refractivity contribution >= 4 is 65.2 Å². The molecule has 12 N–H and O–H groups in total. The second kappa shape index (κ2) is 22.7. The Bertz CT molecular complexity index is 3390. The number of aromatic nitrogens is 10. The Balaban J connectivity index is 0.888. The van der Waals surface area contributed by atoms with E-state index < -0.39 is 141 Å². The number of imidazole rings is 2. The summed E-state index contributed by atoms with van der Waals surface area (Å²) in [5, 5.41) is 33.2. The number of anilines is 2. The highest BCUT2D eigenvalue weighted by Gasteiger charge is 2.55. The number of hydrogen-bond donors (Lipinski definition) is 10. The first-order chi connectivity index (χ1) is 36.8. The van der Waals surface area contributed by atoms with Crippen LogP contribution in [-0.4, -0.2) is 187 Å². The first-order valence-electron chi connectivity index (χ1n) is 23.3. The molecule has 37 nitrogen and oxygen atoms in total. The highest BCUT2D eigenvalue weighted by atomic mass is 31.3. The Morgan fingerprint density at radius 2 is 1.44 bits per heavy atom. The second-order valence-corrected chi connectivity index (χ2v) is 24.7. The average molecular weight is 1190 g/mol. The number of nitrogens with one attached hydrogen (secondary N) is 2. The van der Waals surface area contributed by atoms with Crippen molar-refractivity contribution in [2.75, 3.05) is 71.2 Å². The van der Waals surface area contributed by atoms with Crippen molar-refractivity contribution < 1.29 is 104 Å². The molecule has 0 saturated carbocycles. The van der Waals surface area contributed by atoms with E-state index in [4.69, 9.17) is 48.7 Å². The lowest BCUT2D eigenvalue weighted by Gasteiger charge is -2.35. The molecule has 9 rings (SSSR count). The van der Waals surface area contributed by atoms with Crippen LogP contribution in [0.2, 0.25) is 0 Å². The summed E-state index contributed by atoms with van der Waals surface area (Å²) in [6.45, 7) is -0.942. The molecule has 0 aromatic carbocycles. The maximum atomic E-state index is 14.2. The van der Waals surface area contributed by atoms with E-state index in [0.29, 0.717) is 32.8 Å². The van der Waals surface area contributed by atoms with Gasteiger partial charge in [-0.25, -0.2) is 38.0 Å². The number of morpholine rings is 1. The number of hydrogen-bond acceptors (Lipinski definition) is 28. The van der Waals surface area contributed by atoms with Gasteiger partial charge in [0.25, 0.3) is 16.7 Å². The predicted molar refractivity (Wildman–Crippen MR) is 254 cm³/mol. The summed E-state index contributed by atoms with van der Waals surface area (Å²) in [4.78, 5) is 106. The van der Waals surface area contributed by atoms with Crippen LogP contribution in [-0.2, 0) is 71.2 Å². The number of nitrogen functional groups attached to an aromatic ring is 2. The second-order valence-electron chi connectivity index (χ2n) is 18.1. The van der Waals surface area contributed by atoms with Crippen molar-refractivity contribution in [1.82, 2.24) is 48.5 Å². The molecule has 78 heavy (non-hydrogen) atoms. The van der Waals surface area contributed by atoms with E-state index in [1.54, 1.807) is 0 Å². The quantitative estimate of drug-likeness (QED) is 0.0245. The van der Waals surface area contributed by atoms with Crippen molar-refractivity contribution in [2.45, 2.75) is 73.5 Å². The van der Waals surface area contributed by atoms with Crippen molar-refractivity contribution in [3.05, 3.63) is 62.4 Å². The fraction of sp³-hybridized carbons (Fsp3) is 0.622. The zero-order valence-corrected chi connectivity index (χ0v) is 44.3. The molecular weight excluding hydrogens is 1130 g/mol. The lowest BCUT2D eigenvalue weighted by Crippen LogP contribution is -2.40. The fourth-order valence-electron chi connectivity index (χ4n) is 9.57. The SMILES string of the molecule is CO[C@@H]1[C@H](P(=O)([O-])OC[C@H]2O[C@@H](n3ccc(=O)[nH]c3=O)[C@H](O)[C@@H]2O)[C@@H](COP(=O)(O)OP(=O)(O)OP(=O)(O)OC[C@H]2OC(n3c[n+](C)c4c(=O)[nH]c(N)nc43)[C@H](O)[C@@H]2CCN2CCOCC2)O[C@H]1n1cnc2c(N)ncnc21. The minimum Gasteiger partial charge on any atom is -0.778 e. The topological polar surface area (TPSA) is 513 Å². The fourth-order valence-corrected chi connectivity index (χ4v) is 14.8. The largest absolute Gasteiger partial charge is 0.778 e. The highest BCUT2D eigenvalue weighted by molar-refractivity contribution is 7.66. The van der Waals surface area contributed by atoms with Crippen LogP contribution in [0.25, 0.3) is 22.3 Å². The number of nitrogens with zero attached hydrogens (tertiary/aromatic N) is 9. The summed E-state index contributed by atoms with van der Waals surface area (Å²) in [5.74, 6) is -1.24. The number of ether oxygens (including phenoxy) is 5. The monoisotopic (exact) mass is 1190 g/mol. The van der Waals surface area contributed by atoms with Gasteiger partial charge in [-0.3, -0.25) is 42.6 Å². The molecule has 0 radical (unpaired) electrons. The Morgan fingerprint density at radius 3 is 2.12 bits per heavy atom. The molecule has 4 aliphatic heterocycles. The number of nitrogens with two attached hydrogens (primary N) is 2. The standard InChI is InChI=1S/C37H53N13O24P4/c1-46-16-50(31-23(46)32(55)45-36(39)44-31)33-24(52)17(3-5-47-7-9-66-10-8-47)18(70-33)11-68-76(59,60)73-78(63,64)74-77(61,62)69-13-20-28(27(65-2)35(72-20)49-15-42-22-29(38)40-14-41-30(22)49)75(57,58)67-12-19-25(53)26(54)34(71-19)48-6-4-21(51)43-37(48)56/h4,6,14-20,24-28,33-35,52-54H,3,5,7-13H2,1-2H3,(H9-,38,39,40,41,43,44,45,51,55,56,57,58,59,60,61,62,63,64)/t17-,18-,19-,20-,24-,25-,26-,27-,28-,33?,34-,35-/m1/s1. The van der Waals surface area contributed by atoms with Gasteiger partial charge in [-0.15, -0.1) is 0 Å². The molecule has 4 aliphatic rings. The van der Waals surface area contributed by atoms with E-state index in [2.05, 4.69) is 33.5 Å². The first-order valence-corrected chi connectivity index (χ1v) is 29.4. The van der Waals surface area contributed by atoms with Gasteiger partial charge >= 0.3 is 34.7 Å². The van der Waals surface area contributed by atoms with Crippen molar-refractivity contribution in [3.63, 3.8) is 0 Å². The molecule has 5 unspecified atom stereocenters. The number of fused-ring (bicyclic) bond motifs is 2. The zero-order chi connectivity index (χ0) is 56.2. The number of phosphoric acid groups is 3. The molecule has 5 aromatic heterocycles. The summed E-state index contributed by atoms with van der Waals surface area (Å²) in [5.41, 5.74) is 7.29. The number of aliphatic hydroxyl groups excluding tert-OH is 3. The van der Waals surface area contributed by atoms with E-state index in [0.717, 1.165) is 41.2 Å². The molecule has 0 amide bonds. The minimum atomic E-state index is -6.21. The molecule has 0 spiro atoms. The van der Waals surface area contributed by atoms with Crippen LogP contribution in [0.3, 0.4) is 0 Å². The Hall–Kier alpha value is -4.62. The maximum absolute atomic E-state index is 14.2. The lowest BCUT2D eigenvalue weighted by atomic mass is 9.94. The molecule has 4 fully saturated rings. The van der Waals surface area contributed by atoms with Gasteiger partial charge in [-0.1, -0.05) is 0 Å². The number of phosphoric ester groups is 2. The van der Waals surface area contributed by atoms with Crippen LogP contribution in [0.4, 0.5) is 11.8 Å². The molecule has 4 saturated heterocycles. The molecule has 0 aliphatic carbocycles. The number of methoxy groups -OCH3 is 1. The number of H-pyrrole nitrogens is 2. The molecule has 430 valence electrons. The van der Waals surface area contributed by atoms with Gasteiger partial charge in [-0.05, 0) is 13.0 Å². The normalized spacial score (nSPS) is 31.1. The van der Waals surface area contributed by atoms with Crippen LogP contribution in [0.5, 0.6) is 0 Å². The molecular formula is C37H53N13O24P4. The van der Waals surface area contributed by atoms with Crippen molar-refractivity contribution in [2.24, 2.45) is 13.0 Å². The van der Waals surface area contributed by atoms with E-state index >= 15 is 0 Å². The van der Waals surface area contributed by atoms with Gasteiger partial charge in [-0.2, -0.15) is 18.2 Å². The van der Waals surface area contributed by atoms with Crippen LogP contribution in [0.1, 0.15) is 25.1 Å². The number of aromatic amines is 2. The molecule has 16 atom stereocenters. The number of aliphatic hydroxyl groups is 3. The van der Waals surface area contributed by atoms with Crippen LogP contribution >= 0.6 is 31.1 Å². The molecule has 9 heterocycles. The summed E-state index contributed by atoms with van der Waals surface area (Å²) in [7, 11) is -21.0.